The number of thiazole rings is 1. The second kappa shape index (κ2) is 8.44. The van der Waals surface area contributed by atoms with E-state index < -0.39 is 18.0 Å². The third-order valence-electron chi connectivity index (χ3n) is 4.70. The highest BCUT2D eigenvalue weighted by molar-refractivity contribution is 7.11. The molecule has 158 valence electrons. The highest BCUT2D eigenvalue weighted by atomic mass is 32.1. The third kappa shape index (κ3) is 4.01. The van der Waals surface area contributed by atoms with Crippen LogP contribution >= 0.6 is 22.7 Å². The maximum absolute atomic E-state index is 13.3. The predicted octanol–water partition coefficient (Wildman–Crippen LogP) is 2.40. The number of thiophene rings is 1. The van der Waals surface area contributed by atoms with Gasteiger partial charge in [-0.15, -0.1) is 11.3 Å². The van der Waals surface area contributed by atoms with Gasteiger partial charge in [0.15, 0.2) is 4.80 Å². The second-order valence-corrected chi connectivity index (χ2v) is 8.74. The summed E-state index contributed by atoms with van der Waals surface area (Å²) in [6.45, 7) is 3.05. The zero-order valence-electron chi connectivity index (χ0n) is 16.9. The number of allylic oxidation sites excluding steroid dienone is 1. The van der Waals surface area contributed by atoms with Crippen molar-refractivity contribution in [2.24, 2.45) is 4.99 Å². The molecular formula is C22H18N2O5S2. The van der Waals surface area contributed by atoms with Crippen LogP contribution in [0.4, 0.5) is 0 Å². The second-order valence-electron chi connectivity index (χ2n) is 6.75. The number of ether oxygens (including phenoxy) is 2. The maximum Gasteiger partial charge on any atom is 0.338 e. The fourth-order valence-corrected chi connectivity index (χ4v) is 5.16. The van der Waals surface area contributed by atoms with Gasteiger partial charge in [-0.25, -0.2) is 9.79 Å². The Balaban J connectivity index is 1.91. The highest BCUT2D eigenvalue weighted by Gasteiger charge is 2.33. The smallest absolute Gasteiger partial charge is 0.338 e. The van der Waals surface area contributed by atoms with Crippen molar-refractivity contribution in [1.29, 1.82) is 0 Å². The van der Waals surface area contributed by atoms with Gasteiger partial charge in [0.2, 0.25) is 0 Å². The molecule has 3 aromatic rings. The van der Waals surface area contributed by atoms with Gasteiger partial charge in [-0.1, -0.05) is 29.5 Å². The number of nitrogens with zero attached hydrogens (tertiary/aromatic N) is 2. The van der Waals surface area contributed by atoms with Gasteiger partial charge in [0, 0.05) is 11.8 Å². The topological polar surface area (TPSA) is 87.0 Å². The van der Waals surface area contributed by atoms with Gasteiger partial charge in [0.1, 0.15) is 5.75 Å². The summed E-state index contributed by atoms with van der Waals surface area (Å²) in [6.07, 6.45) is 1.83. The number of aromatic nitrogens is 1. The third-order valence-corrected chi connectivity index (χ3v) is 6.50. The van der Waals surface area contributed by atoms with Gasteiger partial charge < -0.3 is 9.47 Å². The van der Waals surface area contributed by atoms with Gasteiger partial charge in [-0.05, 0) is 42.1 Å². The summed E-state index contributed by atoms with van der Waals surface area (Å²) in [5.74, 6) is -0.607. The molecule has 0 bridgehead atoms. The quantitative estimate of drug-likeness (QED) is 0.446. The Morgan fingerprint density at radius 1 is 1.19 bits per heavy atom. The lowest BCUT2D eigenvalue weighted by Crippen LogP contribution is -2.39. The molecule has 1 aromatic carbocycles. The molecule has 0 radical (unpaired) electrons. The van der Waals surface area contributed by atoms with E-state index in [2.05, 4.69) is 4.99 Å². The van der Waals surface area contributed by atoms with E-state index in [1.165, 1.54) is 41.3 Å². The molecule has 1 aliphatic rings. The lowest BCUT2D eigenvalue weighted by molar-refractivity contribution is -0.136. The summed E-state index contributed by atoms with van der Waals surface area (Å²) in [4.78, 5) is 43.2. The molecule has 0 spiro atoms. The first-order chi connectivity index (χ1) is 14.9. The molecule has 1 aliphatic heterocycles. The average Bonchev–Trinajstić information content (AvgIpc) is 3.35. The van der Waals surface area contributed by atoms with E-state index in [4.69, 9.17) is 9.47 Å². The maximum atomic E-state index is 13.3. The van der Waals surface area contributed by atoms with Gasteiger partial charge in [0.25, 0.3) is 5.56 Å². The van der Waals surface area contributed by atoms with Crippen molar-refractivity contribution in [2.45, 2.75) is 19.9 Å². The molecule has 3 heterocycles. The van der Waals surface area contributed by atoms with Crippen LogP contribution in [0.3, 0.4) is 0 Å². The molecule has 0 saturated heterocycles. The summed E-state index contributed by atoms with van der Waals surface area (Å²) in [6, 6.07) is 9.84. The van der Waals surface area contributed by atoms with E-state index in [9.17, 15) is 14.4 Å². The minimum atomic E-state index is -0.708. The number of fused-ring (bicyclic) bond motifs is 1. The van der Waals surface area contributed by atoms with Crippen molar-refractivity contribution < 1.29 is 19.1 Å². The zero-order valence-corrected chi connectivity index (χ0v) is 18.6. The summed E-state index contributed by atoms with van der Waals surface area (Å²) in [7, 11) is 1.30. The zero-order chi connectivity index (χ0) is 22.1. The number of carbonyl (C=O) groups excluding carboxylic acids is 2. The average molecular weight is 455 g/mol. The Kier molecular flexibility index (Phi) is 5.71. The standard InChI is InChI=1S/C22H18N2O5S2/c1-12-18(21(27)28-3)19(14-6-8-15(9-7-14)29-13(2)25)24-20(26)17(31-22(24)23-12)11-16-5-4-10-30-16/h4-11,19H,1-3H3/t19-/m0/s1. The number of hydrogen-bond acceptors (Lipinski definition) is 8. The van der Waals surface area contributed by atoms with E-state index in [0.717, 1.165) is 4.88 Å². The molecular weight excluding hydrogens is 436 g/mol. The first-order valence-electron chi connectivity index (χ1n) is 9.32. The SMILES string of the molecule is COC(=O)C1=C(C)N=c2sc(=Cc3cccs3)c(=O)n2[C@H]1c1ccc(OC(C)=O)cc1. The summed E-state index contributed by atoms with van der Waals surface area (Å²) in [5.41, 5.74) is 1.22. The van der Waals surface area contributed by atoms with Crippen LogP contribution in [0.5, 0.6) is 5.75 Å². The largest absolute Gasteiger partial charge is 0.466 e. The number of benzene rings is 1. The van der Waals surface area contributed by atoms with Crippen molar-refractivity contribution in [3.63, 3.8) is 0 Å². The van der Waals surface area contributed by atoms with Crippen LogP contribution in [-0.4, -0.2) is 23.6 Å². The summed E-state index contributed by atoms with van der Waals surface area (Å²) >= 11 is 2.81. The van der Waals surface area contributed by atoms with Crippen LogP contribution in [0.15, 0.2) is 62.8 Å². The van der Waals surface area contributed by atoms with Crippen molar-refractivity contribution in [2.75, 3.05) is 7.11 Å². The normalized spacial score (nSPS) is 16.0. The number of methoxy groups -OCH3 is 1. The summed E-state index contributed by atoms with van der Waals surface area (Å²) < 4.78 is 12.1. The van der Waals surface area contributed by atoms with E-state index in [1.807, 2.05) is 23.6 Å². The Morgan fingerprint density at radius 3 is 2.55 bits per heavy atom. The van der Waals surface area contributed by atoms with Crippen LogP contribution < -0.4 is 19.6 Å². The van der Waals surface area contributed by atoms with Crippen LogP contribution in [-0.2, 0) is 14.3 Å². The highest BCUT2D eigenvalue weighted by Crippen LogP contribution is 2.31. The van der Waals surface area contributed by atoms with Crippen molar-refractivity contribution >= 4 is 40.7 Å². The van der Waals surface area contributed by atoms with Gasteiger partial charge >= 0.3 is 11.9 Å². The molecule has 2 aromatic heterocycles. The molecule has 1 atom stereocenters. The number of hydrogen-bond donors (Lipinski definition) is 0. The fraction of sp³-hybridized carbons (Fsp3) is 0.182. The van der Waals surface area contributed by atoms with E-state index in [1.54, 1.807) is 31.2 Å². The minimum Gasteiger partial charge on any atom is -0.466 e. The van der Waals surface area contributed by atoms with E-state index in [-0.39, 0.29) is 11.1 Å². The van der Waals surface area contributed by atoms with Crippen LogP contribution in [0.25, 0.3) is 6.08 Å². The first kappa shape index (κ1) is 21.0. The van der Waals surface area contributed by atoms with Crippen LogP contribution in [0, 0.1) is 0 Å². The summed E-state index contributed by atoms with van der Waals surface area (Å²) in [5, 5.41) is 1.94. The van der Waals surface area contributed by atoms with Crippen molar-refractivity contribution in [1.82, 2.24) is 4.57 Å². The van der Waals surface area contributed by atoms with Gasteiger partial charge in [-0.3, -0.25) is 14.2 Å². The molecule has 31 heavy (non-hydrogen) atoms. The number of rotatable bonds is 4. The molecule has 0 amide bonds. The Hall–Kier alpha value is -3.30. The fourth-order valence-electron chi connectivity index (χ4n) is 3.39. The molecule has 0 unspecified atom stereocenters. The lowest BCUT2D eigenvalue weighted by Gasteiger charge is -2.24. The van der Waals surface area contributed by atoms with Crippen LogP contribution in [0.2, 0.25) is 0 Å². The van der Waals surface area contributed by atoms with Crippen LogP contribution in [0.1, 0.15) is 30.3 Å². The van der Waals surface area contributed by atoms with Gasteiger partial charge in [0.05, 0.1) is 29.0 Å². The van der Waals surface area contributed by atoms with E-state index in [0.29, 0.717) is 26.3 Å². The van der Waals surface area contributed by atoms with E-state index >= 15 is 0 Å². The molecule has 0 N–H and O–H groups in total. The Morgan fingerprint density at radius 2 is 1.94 bits per heavy atom. The van der Waals surface area contributed by atoms with Crippen molar-refractivity contribution in [3.8, 4) is 5.75 Å². The van der Waals surface area contributed by atoms with Gasteiger partial charge in [-0.2, -0.15) is 0 Å². The molecule has 4 rings (SSSR count). The molecule has 9 heteroatoms. The molecule has 0 fully saturated rings. The Labute approximate surface area is 185 Å². The number of carbonyl (C=O) groups is 2. The lowest BCUT2D eigenvalue weighted by atomic mass is 9.96. The first-order valence-corrected chi connectivity index (χ1v) is 11.0. The molecule has 0 saturated carbocycles. The minimum absolute atomic E-state index is 0.236. The Bertz CT molecular complexity index is 1360. The predicted molar refractivity (Wildman–Crippen MR) is 118 cm³/mol. The monoisotopic (exact) mass is 454 g/mol. The number of esters is 2. The molecule has 7 nitrogen and oxygen atoms in total. The van der Waals surface area contributed by atoms with Crippen molar-refractivity contribution in [3.05, 3.63) is 83.2 Å². The molecule has 0 aliphatic carbocycles.